The fourth-order valence-electron chi connectivity index (χ4n) is 2.77. The van der Waals surface area contributed by atoms with Crippen LogP contribution >= 0.6 is 11.3 Å². The monoisotopic (exact) mass is 316 g/mol. The molecule has 0 saturated carbocycles. The second kappa shape index (κ2) is 6.01. The number of hydrogen-bond acceptors (Lipinski definition) is 3. The van der Waals surface area contributed by atoms with Gasteiger partial charge in [-0.15, -0.1) is 11.3 Å². The second-order valence-corrected chi connectivity index (χ2v) is 6.31. The lowest BCUT2D eigenvalue weighted by molar-refractivity contribution is 0.432. The number of halogens is 1. The van der Waals surface area contributed by atoms with Crippen molar-refractivity contribution < 1.29 is 4.39 Å². The van der Waals surface area contributed by atoms with Gasteiger partial charge in [-0.25, -0.2) is 9.37 Å². The van der Waals surface area contributed by atoms with E-state index in [0.717, 1.165) is 20.8 Å². The first kappa shape index (κ1) is 14.9. The molecule has 0 unspecified atom stereocenters. The van der Waals surface area contributed by atoms with E-state index in [1.54, 1.807) is 0 Å². The molecule has 0 bridgehead atoms. The number of aromatic nitrogens is 2. The highest BCUT2D eigenvalue weighted by Gasteiger charge is 2.18. The van der Waals surface area contributed by atoms with Crippen LogP contribution in [0, 0.1) is 6.92 Å². The van der Waals surface area contributed by atoms with E-state index in [9.17, 15) is 9.18 Å². The largest absolute Gasteiger partial charge is 0.293 e. The summed E-state index contributed by atoms with van der Waals surface area (Å²) in [5.74, 6) is 0.649. The molecule has 22 heavy (non-hydrogen) atoms. The molecule has 0 aliphatic carbocycles. The third-order valence-electron chi connectivity index (χ3n) is 3.75. The van der Waals surface area contributed by atoms with E-state index < -0.39 is 6.67 Å². The molecule has 0 N–H and O–H groups in total. The lowest BCUT2D eigenvalue weighted by Crippen LogP contribution is -2.25. The smallest absolute Gasteiger partial charge is 0.263 e. The van der Waals surface area contributed by atoms with Crippen LogP contribution in [0.5, 0.6) is 0 Å². The van der Waals surface area contributed by atoms with Crippen LogP contribution in [0.3, 0.4) is 0 Å². The standard InChI is InChI=1S/C17H17FN2OS/c1-3-13-19-16-15(17(21)20(13)10-9-18)14(11(2)22-16)12-7-5-4-6-8-12/h4-8H,3,9-10H2,1-2H3. The number of thiophene rings is 1. The highest BCUT2D eigenvalue weighted by molar-refractivity contribution is 7.19. The predicted octanol–water partition coefficient (Wildman–Crippen LogP) is 3.97. The lowest BCUT2D eigenvalue weighted by atomic mass is 10.0. The molecule has 0 atom stereocenters. The maximum Gasteiger partial charge on any atom is 0.263 e. The van der Waals surface area contributed by atoms with Crippen LogP contribution in [0.2, 0.25) is 0 Å². The summed E-state index contributed by atoms with van der Waals surface area (Å²) in [4.78, 5) is 19.3. The molecule has 2 heterocycles. The molecule has 2 aromatic heterocycles. The SMILES string of the molecule is CCc1nc2sc(C)c(-c3ccccc3)c2c(=O)n1CCF. The number of benzene rings is 1. The van der Waals surface area contributed by atoms with Crippen molar-refractivity contribution in [1.82, 2.24) is 9.55 Å². The zero-order chi connectivity index (χ0) is 15.7. The van der Waals surface area contributed by atoms with Crippen molar-refractivity contribution in [3.8, 4) is 11.1 Å². The van der Waals surface area contributed by atoms with E-state index in [2.05, 4.69) is 4.98 Å². The van der Waals surface area contributed by atoms with Crippen LogP contribution in [-0.4, -0.2) is 16.2 Å². The Morgan fingerprint density at radius 2 is 2.00 bits per heavy atom. The molecule has 0 saturated heterocycles. The molecular formula is C17H17FN2OS. The van der Waals surface area contributed by atoms with Crippen molar-refractivity contribution in [3.05, 3.63) is 51.4 Å². The van der Waals surface area contributed by atoms with Crippen molar-refractivity contribution in [2.75, 3.05) is 6.67 Å². The number of fused-ring (bicyclic) bond motifs is 1. The molecule has 3 aromatic rings. The fraction of sp³-hybridized carbons (Fsp3) is 0.294. The van der Waals surface area contributed by atoms with Gasteiger partial charge in [-0.05, 0) is 12.5 Å². The van der Waals surface area contributed by atoms with Crippen molar-refractivity contribution >= 4 is 21.6 Å². The Balaban J connectivity index is 2.38. The summed E-state index contributed by atoms with van der Waals surface area (Å²) in [6.07, 6.45) is 0.614. The molecule has 0 radical (unpaired) electrons. The maximum atomic E-state index is 12.9. The number of aryl methyl sites for hydroxylation is 2. The Morgan fingerprint density at radius 3 is 2.64 bits per heavy atom. The summed E-state index contributed by atoms with van der Waals surface area (Å²) in [5, 5.41) is 0.611. The van der Waals surface area contributed by atoms with Gasteiger partial charge < -0.3 is 0 Å². The summed E-state index contributed by atoms with van der Waals surface area (Å²) in [6, 6.07) is 9.82. The third kappa shape index (κ3) is 2.35. The van der Waals surface area contributed by atoms with Gasteiger partial charge in [0.05, 0.1) is 11.9 Å². The third-order valence-corrected chi connectivity index (χ3v) is 4.75. The minimum absolute atomic E-state index is 0.0636. The van der Waals surface area contributed by atoms with E-state index in [1.807, 2.05) is 44.2 Å². The van der Waals surface area contributed by atoms with Crippen LogP contribution < -0.4 is 5.56 Å². The molecular weight excluding hydrogens is 299 g/mol. The predicted molar refractivity (Wildman–Crippen MR) is 89.4 cm³/mol. The Hall–Kier alpha value is -2.01. The van der Waals surface area contributed by atoms with Crippen LogP contribution in [0.4, 0.5) is 4.39 Å². The minimum atomic E-state index is -0.566. The number of hydrogen-bond donors (Lipinski definition) is 0. The van der Waals surface area contributed by atoms with Crippen molar-refractivity contribution in [2.24, 2.45) is 0 Å². The Kier molecular flexibility index (Phi) is 4.07. The normalized spacial score (nSPS) is 11.2. The highest BCUT2D eigenvalue weighted by atomic mass is 32.1. The van der Waals surface area contributed by atoms with Crippen LogP contribution in [-0.2, 0) is 13.0 Å². The summed E-state index contributed by atoms with van der Waals surface area (Å²) in [6.45, 7) is 3.43. The summed E-state index contributed by atoms with van der Waals surface area (Å²) < 4.78 is 14.3. The average Bonchev–Trinajstić information content (AvgIpc) is 2.87. The Bertz CT molecular complexity index is 868. The first-order valence-corrected chi connectivity index (χ1v) is 8.13. The van der Waals surface area contributed by atoms with Gasteiger partial charge >= 0.3 is 0 Å². The van der Waals surface area contributed by atoms with Gasteiger partial charge in [-0.2, -0.15) is 0 Å². The molecule has 5 heteroatoms. The zero-order valence-corrected chi connectivity index (χ0v) is 13.4. The van der Waals surface area contributed by atoms with Gasteiger partial charge in [0, 0.05) is 16.9 Å². The first-order valence-electron chi connectivity index (χ1n) is 7.31. The van der Waals surface area contributed by atoms with Crippen molar-refractivity contribution in [1.29, 1.82) is 0 Å². The molecule has 0 aliphatic rings. The molecule has 0 fully saturated rings. The summed E-state index contributed by atoms with van der Waals surface area (Å²) in [7, 11) is 0. The molecule has 1 aromatic carbocycles. The summed E-state index contributed by atoms with van der Waals surface area (Å²) in [5.41, 5.74) is 1.79. The first-order chi connectivity index (χ1) is 10.7. The second-order valence-electron chi connectivity index (χ2n) is 5.11. The summed E-state index contributed by atoms with van der Waals surface area (Å²) >= 11 is 1.53. The van der Waals surface area contributed by atoms with E-state index >= 15 is 0 Å². The average molecular weight is 316 g/mol. The molecule has 3 nitrogen and oxygen atoms in total. The van der Waals surface area contributed by atoms with Crippen LogP contribution in [0.15, 0.2) is 35.1 Å². The van der Waals surface area contributed by atoms with Gasteiger partial charge in [-0.3, -0.25) is 9.36 Å². The quantitative estimate of drug-likeness (QED) is 0.730. The van der Waals surface area contributed by atoms with E-state index in [4.69, 9.17) is 0 Å². The van der Waals surface area contributed by atoms with Crippen molar-refractivity contribution in [2.45, 2.75) is 26.8 Å². The number of nitrogens with zero attached hydrogens (tertiary/aromatic N) is 2. The van der Waals surface area contributed by atoms with E-state index in [0.29, 0.717) is 17.6 Å². The molecule has 114 valence electrons. The fourth-order valence-corrected chi connectivity index (χ4v) is 3.83. The molecule has 0 amide bonds. The topological polar surface area (TPSA) is 34.9 Å². The Labute approximate surface area is 132 Å². The van der Waals surface area contributed by atoms with Gasteiger partial charge in [0.15, 0.2) is 0 Å². The van der Waals surface area contributed by atoms with E-state index in [-0.39, 0.29) is 12.1 Å². The van der Waals surface area contributed by atoms with Gasteiger partial charge in [-0.1, -0.05) is 37.3 Å². The van der Waals surface area contributed by atoms with Gasteiger partial charge in [0.2, 0.25) is 0 Å². The number of rotatable bonds is 4. The molecule has 0 aliphatic heterocycles. The lowest BCUT2D eigenvalue weighted by Gasteiger charge is -2.09. The van der Waals surface area contributed by atoms with Crippen LogP contribution in [0.1, 0.15) is 17.6 Å². The van der Waals surface area contributed by atoms with Crippen LogP contribution in [0.25, 0.3) is 21.3 Å². The number of alkyl halides is 1. The minimum Gasteiger partial charge on any atom is -0.293 e. The molecule has 0 spiro atoms. The van der Waals surface area contributed by atoms with Gasteiger partial charge in [0.1, 0.15) is 17.3 Å². The maximum absolute atomic E-state index is 12.9. The van der Waals surface area contributed by atoms with E-state index in [1.165, 1.54) is 15.9 Å². The Morgan fingerprint density at radius 1 is 1.27 bits per heavy atom. The highest BCUT2D eigenvalue weighted by Crippen LogP contribution is 2.35. The van der Waals surface area contributed by atoms with Gasteiger partial charge in [0.25, 0.3) is 5.56 Å². The zero-order valence-electron chi connectivity index (χ0n) is 12.6. The molecule has 3 rings (SSSR count). The van der Waals surface area contributed by atoms with Crippen molar-refractivity contribution in [3.63, 3.8) is 0 Å².